The Labute approximate surface area is 84.4 Å². The number of aliphatic hydroxyl groups excluding tert-OH is 4. The van der Waals surface area contributed by atoms with Crippen molar-refractivity contribution in [3.05, 3.63) is 10.4 Å². The number of aliphatic hydroxyl groups is 4. The van der Waals surface area contributed by atoms with Gasteiger partial charge in [0.05, 0.1) is 6.61 Å². The minimum absolute atomic E-state index is 0.0648. The van der Waals surface area contributed by atoms with Crippen LogP contribution >= 0.6 is 0 Å². The molecule has 9 heteroatoms. The summed E-state index contributed by atoms with van der Waals surface area (Å²) < 4.78 is 0. The highest BCUT2D eigenvalue weighted by molar-refractivity contribution is 5.64. The summed E-state index contributed by atoms with van der Waals surface area (Å²) in [4.78, 5) is 12.7. The topological polar surface area (TPSA) is 173 Å². The zero-order chi connectivity index (χ0) is 12.1. The van der Waals surface area contributed by atoms with Gasteiger partial charge >= 0.3 is 0 Å². The van der Waals surface area contributed by atoms with Crippen molar-refractivity contribution in [2.45, 2.75) is 24.0 Å². The lowest BCUT2D eigenvalue weighted by Gasteiger charge is -2.29. The van der Waals surface area contributed by atoms with Gasteiger partial charge in [0.1, 0.15) is 24.6 Å². The SMILES string of the molecule is [N-]=[N+]=N[C@](N)(C=O)[C@@H](O)[C@@H](O)[C@H](O)CO. The smallest absolute Gasteiger partial charge is 0.180 e. The van der Waals surface area contributed by atoms with E-state index in [-0.39, 0.29) is 6.29 Å². The molecule has 0 aliphatic carbocycles. The fraction of sp³-hybridized carbons (Fsp3) is 0.833. The summed E-state index contributed by atoms with van der Waals surface area (Å²) in [5.41, 5.74) is 10.8. The Kier molecular flexibility index (Phi) is 5.15. The van der Waals surface area contributed by atoms with Crippen LogP contribution in [-0.4, -0.2) is 57.3 Å². The summed E-state index contributed by atoms with van der Waals surface area (Å²) in [6.07, 6.45) is -5.69. The molecular formula is C6H12N4O5. The highest BCUT2D eigenvalue weighted by Gasteiger charge is 2.40. The van der Waals surface area contributed by atoms with Gasteiger partial charge in [-0.25, -0.2) is 0 Å². The Bertz CT molecular complexity index is 268. The average molecular weight is 220 g/mol. The first-order valence-corrected chi connectivity index (χ1v) is 3.89. The second-order valence-corrected chi connectivity index (χ2v) is 2.88. The molecule has 0 heterocycles. The Hall–Kier alpha value is -1.22. The molecule has 9 nitrogen and oxygen atoms in total. The minimum Gasteiger partial charge on any atom is -0.394 e. The number of nitrogens with zero attached hydrogens (tertiary/aromatic N) is 3. The summed E-state index contributed by atoms with van der Waals surface area (Å²) in [5.74, 6) is 0. The van der Waals surface area contributed by atoms with Crippen LogP contribution in [0.3, 0.4) is 0 Å². The second-order valence-electron chi connectivity index (χ2n) is 2.88. The number of carbonyl (C=O) groups is 1. The van der Waals surface area contributed by atoms with Gasteiger partial charge in [-0.2, -0.15) is 0 Å². The van der Waals surface area contributed by atoms with Gasteiger partial charge in [0, 0.05) is 4.91 Å². The van der Waals surface area contributed by atoms with Crippen molar-refractivity contribution < 1.29 is 25.2 Å². The van der Waals surface area contributed by atoms with Crippen molar-refractivity contribution >= 4 is 6.29 Å². The number of carbonyl (C=O) groups excluding carboxylic acids is 1. The molecule has 0 aliphatic rings. The highest BCUT2D eigenvalue weighted by atomic mass is 16.4. The number of aldehydes is 1. The van der Waals surface area contributed by atoms with Crippen LogP contribution in [0.5, 0.6) is 0 Å². The van der Waals surface area contributed by atoms with Crippen molar-refractivity contribution in [2.75, 3.05) is 6.61 Å². The van der Waals surface area contributed by atoms with E-state index in [1.807, 2.05) is 0 Å². The molecule has 0 rings (SSSR count). The lowest BCUT2D eigenvalue weighted by molar-refractivity contribution is -0.128. The molecule has 0 aromatic heterocycles. The van der Waals surface area contributed by atoms with Gasteiger partial charge in [-0.3, -0.25) is 0 Å². The molecule has 0 aliphatic heterocycles. The van der Waals surface area contributed by atoms with Crippen molar-refractivity contribution in [2.24, 2.45) is 10.8 Å². The first-order chi connectivity index (χ1) is 6.92. The minimum atomic E-state index is -2.38. The van der Waals surface area contributed by atoms with E-state index in [9.17, 15) is 15.0 Å². The molecule has 0 bridgehead atoms. The normalized spacial score (nSPS) is 20.6. The Balaban J connectivity index is 4.86. The highest BCUT2D eigenvalue weighted by Crippen LogP contribution is 2.13. The quantitative estimate of drug-likeness (QED) is 0.140. The number of rotatable bonds is 6. The maximum absolute atomic E-state index is 10.5. The molecule has 0 radical (unpaired) electrons. The Morgan fingerprint density at radius 2 is 2.07 bits per heavy atom. The molecule has 0 saturated carbocycles. The van der Waals surface area contributed by atoms with Gasteiger partial charge in [0.15, 0.2) is 5.66 Å². The molecule has 0 aromatic rings. The van der Waals surface area contributed by atoms with Crippen LogP contribution in [0.4, 0.5) is 0 Å². The molecule has 0 fully saturated rings. The van der Waals surface area contributed by atoms with Crippen molar-refractivity contribution in [3.8, 4) is 0 Å². The zero-order valence-corrected chi connectivity index (χ0v) is 7.63. The summed E-state index contributed by atoms with van der Waals surface area (Å²) >= 11 is 0. The standard InChI is InChI=1S/C6H12N4O5/c7-6(2-12,9-10-8)5(15)4(14)3(13)1-11/h2-5,11,13-15H,1,7H2/t3-,4+,5+,6-/m1/s1. The first kappa shape index (κ1) is 13.8. The molecule has 86 valence electrons. The number of hydrogen-bond donors (Lipinski definition) is 5. The van der Waals surface area contributed by atoms with E-state index in [1.165, 1.54) is 0 Å². The molecule has 0 spiro atoms. The second kappa shape index (κ2) is 5.61. The zero-order valence-electron chi connectivity index (χ0n) is 7.63. The number of nitrogens with two attached hydrogens (primary N) is 1. The lowest BCUT2D eigenvalue weighted by atomic mass is 9.98. The maximum atomic E-state index is 10.5. The largest absolute Gasteiger partial charge is 0.394 e. The van der Waals surface area contributed by atoms with Gasteiger partial charge < -0.3 is 31.0 Å². The van der Waals surface area contributed by atoms with Gasteiger partial charge in [-0.1, -0.05) is 5.11 Å². The predicted molar refractivity (Wildman–Crippen MR) is 47.2 cm³/mol. The van der Waals surface area contributed by atoms with Gasteiger partial charge in [-0.15, -0.1) is 0 Å². The van der Waals surface area contributed by atoms with E-state index < -0.39 is 30.6 Å². The molecule has 0 amide bonds. The fourth-order valence-electron chi connectivity index (χ4n) is 0.822. The first-order valence-electron chi connectivity index (χ1n) is 3.89. The number of hydrogen-bond acceptors (Lipinski definition) is 7. The van der Waals surface area contributed by atoms with Gasteiger partial charge in [0.25, 0.3) is 0 Å². The van der Waals surface area contributed by atoms with Crippen LogP contribution in [0.15, 0.2) is 5.11 Å². The molecule has 6 N–H and O–H groups in total. The van der Waals surface area contributed by atoms with Crippen molar-refractivity contribution in [3.63, 3.8) is 0 Å². The molecular weight excluding hydrogens is 208 g/mol. The predicted octanol–water partition coefficient (Wildman–Crippen LogP) is -2.77. The third kappa shape index (κ3) is 3.13. The molecule has 0 saturated heterocycles. The summed E-state index contributed by atoms with van der Waals surface area (Å²) in [7, 11) is 0. The van der Waals surface area contributed by atoms with Crippen LogP contribution in [0.1, 0.15) is 0 Å². The van der Waals surface area contributed by atoms with Crippen LogP contribution in [-0.2, 0) is 4.79 Å². The van der Waals surface area contributed by atoms with Crippen LogP contribution < -0.4 is 5.73 Å². The third-order valence-electron chi connectivity index (χ3n) is 1.79. The monoisotopic (exact) mass is 220 g/mol. The van der Waals surface area contributed by atoms with Crippen LogP contribution in [0.25, 0.3) is 10.4 Å². The van der Waals surface area contributed by atoms with Crippen LogP contribution in [0, 0.1) is 0 Å². The van der Waals surface area contributed by atoms with Crippen molar-refractivity contribution in [1.29, 1.82) is 0 Å². The van der Waals surface area contributed by atoms with Crippen molar-refractivity contribution in [1.82, 2.24) is 0 Å². The summed E-state index contributed by atoms with van der Waals surface area (Å²) in [6, 6.07) is 0. The Morgan fingerprint density at radius 1 is 1.53 bits per heavy atom. The molecule has 0 aromatic carbocycles. The van der Waals surface area contributed by atoms with E-state index in [0.29, 0.717) is 0 Å². The maximum Gasteiger partial charge on any atom is 0.180 e. The Morgan fingerprint density at radius 3 is 2.40 bits per heavy atom. The summed E-state index contributed by atoms with van der Waals surface area (Å²) in [5, 5.41) is 38.8. The lowest BCUT2D eigenvalue weighted by Crippen LogP contribution is -2.58. The van der Waals surface area contributed by atoms with E-state index in [1.54, 1.807) is 0 Å². The fourth-order valence-corrected chi connectivity index (χ4v) is 0.822. The molecule has 15 heavy (non-hydrogen) atoms. The van der Waals surface area contributed by atoms with E-state index in [0.717, 1.165) is 0 Å². The van der Waals surface area contributed by atoms with Crippen LogP contribution in [0.2, 0.25) is 0 Å². The van der Waals surface area contributed by atoms with E-state index >= 15 is 0 Å². The molecule has 4 atom stereocenters. The van der Waals surface area contributed by atoms with Gasteiger partial charge in [0.2, 0.25) is 0 Å². The van der Waals surface area contributed by atoms with E-state index in [2.05, 4.69) is 10.0 Å². The van der Waals surface area contributed by atoms with E-state index in [4.69, 9.17) is 21.5 Å². The van der Waals surface area contributed by atoms with Gasteiger partial charge in [-0.05, 0) is 5.53 Å². The third-order valence-corrected chi connectivity index (χ3v) is 1.79. The summed E-state index contributed by atoms with van der Waals surface area (Å²) in [6.45, 7) is -0.844. The average Bonchev–Trinajstić information content (AvgIpc) is 2.26. The molecule has 0 unspecified atom stereocenters. The number of azide groups is 1.